The summed E-state index contributed by atoms with van der Waals surface area (Å²) >= 11 is 1.34. The lowest BCUT2D eigenvalue weighted by Crippen LogP contribution is -2.17. The van der Waals surface area contributed by atoms with Crippen molar-refractivity contribution in [3.05, 3.63) is 58.5 Å². The fourth-order valence-corrected chi connectivity index (χ4v) is 2.55. The summed E-state index contributed by atoms with van der Waals surface area (Å²) in [6, 6.07) is 10.4. The zero-order chi connectivity index (χ0) is 16.9. The minimum atomic E-state index is -0.333. The van der Waals surface area contributed by atoms with Crippen LogP contribution < -0.4 is 10.6 Å². The van der Waals surface area contributed by atoms with E-state index < -0.39 is 0 Å². The molecule has 0 spiro atoms. The van der Waals surface area contributed by atoms with Crippen LogP contribution in [-0.4, -0.2) is 34.0 Å². The van der Waals surface area contributed by atoms with Crippen LogP contribution >= 0.6 is 11.3 Å². The molecule has 0 aliphatic heterocycles. The molecule has 0 aliphatic carbocycles. The van der Waals surface area contributed by atoms with Gasteiger partial charge in [-0.25, -0.2) is 4.98 Å². The second-order valence-electron chi connectivity index (χ2n) is 4.79. The smallest absolute Gasteiger partial charge is 0.276 e. The predicted octanol–water partition coefficient (Wildman–Crippen LogP) is 2.21. The van der Waals surface area contributed by atoms with Gasteiger partial charge in [0.15, 0.2) is 5.82 Å². The van der Waals surface area contributed by atoms with Crippen LogP contribution in [0.2, 0.25) is 0 Å². The Morgan fingerprint density at radius 1 is 1.08 bits per heavy atom. The molecule has 24 heavy (non-hydrogen) atoms. The van der Waals surface area contributed by atoms with Crippen LogP contribution in [0.1, 0.15) is 20.8 Å². The van der Waals surface area contributed by atoms with E-state index in [2.05, 4.69) is 25.8 Å². The number of rotatable bonds is 4. The molecule has 2 aromatic heterocycles. The average Bonchev–Trinajstić information content (AvgIpc) is 3.16. The van der Waals surface area contributed by atoms with Gasteiger partial charge >= 0.3 is 0 Å². The normalized spacial score (nSPS) is 10.2. The van der Waals surface area contributed by atoms with E-state index >= 15 is 0 Å². The van der Waals surface area contributed by atoms with Gasteiger partial charge < -0.3 is 10.6 Å². The summed E-state index contributed by atoms with van der Waals surface area (Å²) in [5, 5.41) is 14.9. The van der Waals surface area contributed by atoms with E-state index in [0.717, 1.165) is 5.56 Å². The van der Waals surface area contributed by atoms with E-state index in [1.54, 1.807) is 48.3 Å². The van der Waals surface area contributed by atoms with E-state index in [4.69, 9.17) is 0 Å². The van der Waals surface area contributed by atoms with Crippen molar-refractivity contribution in [2.24, 2.45) is 0 Å². The number of benzene rings is 1. The number of nitrogens with one attached hydrogen (secondary N) is 2. The molecule has 1 aromatic carbocycles. The van der Waals surface area contributed by atoms with Crippen LogP contribution in [0.5, 0.6) is 0 Å². The van der Waals surface area contributed by atoms with Gasteiger partial charge in [0.25, 0.3) is 11.8 Å². The van der Waals surface area contributed by atoms with Crippen LogP contribution in [0.15, 0.2) is 47.3 Å². The van der Waals surface area contributed by atoms with Gasteiger partial charge in [0.05, 0.1) is 11.2 Å². The Morgan fingerprint density at radius 2 is 1.96 bits per heavy atom. The highest BCUT2D eigenvalue weighted by Gasteiger charge is 2.10. The van der Waals surface area contributed by atoms with Crippen molar-refractivity contribution >= 4 is 29.0 Å². The second-order valence-corrected chi connectivity index (χ2v) is 5.51. The van der Waals surface area contributed by atoms with Gasteiger partial charge in [-0.05, 0) is 24.3 Å². The van der Waals surface area contributed by atoms with Crippen LogP contribution in [0.4, 0.5) is 5.82 Å². The molecule has 0 aliphatic rings. The molecule has 2 heterocycles. The van der Waals surface area contributed by atoms with Gasteiger partial charge in [-0.3, -0.25) is 9.59 Å². The number of hydrogen-bond acceptors (Lipinski definition) is 6. The topological polar surface area (TPSA) is 96.9 Å². The van der Waals surface area contributed by atoms with Crippen LogP contribution in [0, 0.1) is 0 Å². The molecular weight excluding hydrogens is 326 g/mol. The molecular formula is C16H13N5O2S. The number of anilines is 1. The maximum Gasteiger partial charge on any atom is 0.276 e. The van der Waals surface area contributed by atoms with Crippen LogP contribution in [0.3, 0.4) is 0 Å². The number of thiazole rings is 1. The van der Waals surface area contributed by atoms with E-state index in [-0.39, 0.29) is 11.8 Å². The maximum atomic E-state index is 11.9. The van der Waals surface area contributed by atoms with Crippen molar-refractivity contribution in [1.29, 1.82) is 0 Å². The largest absolute Gasteiger partial charge is 0.355 e. The highest BCUT2D eigenvalue weighted by Crippen LogP contribution is 2.19. The molecule has 0 bridgehead atoms. The SMILES string of the molecule is CNC(=O)c1cccc(-c2ccc(NC(=O)c3cscn3)nn2)c1. The molecule has 0 unspecified atom stereocenters. The summed E-state index contributed by atoms with van der Waals surface area (Å²) < 4.78 is 0. The summed E-state index contributed by atoms with van der Waals surface area (Å²) in [6.45, 7) is 0. The third-order valence-corrected chi connectivity index (χ3v) is 3.81. The van der Waals surface area contributed by atoms with Gasteiger partial charge in [0.2, 0.25) is 0 Å². The van der Waals surface area contributed by atoms with Gasteiger partial charge in [0, 0.05) is 23.6 Å². The maximum absolute atomic E-state index is 11.9. The van der Waals surface area contributed by atoms with Crippen molar-refractivity contribution in [2.45, 2.75) is 0 Å². The standard InChI is InChI=1S/C16H13N5O2S/c1-17-15(22)11-4-2-3-10(7-11)12-5-6-14(21-20-12)19-16(23)13-8-24-9-18-13/h2-9H,1H3,(H,17,22)(H,19,21,23). The molecule has 0 radical (unpaired) electrons. The number of aromatic nitrogens is 3. The number of carbonyl (C=O) groups is 2. The van der Waals surface area contributed by atoms with E-state index in [1.807, 2.05) is 6.07 Å². The molecule has 2 N–H and O–H groups in total. The van der Waals surface area contributed by atoms with Crippen molar-refractivity contribution in [3.8, 4) is 11.3 Å². The first-order valence-electron chi connectivity index (χ1n) is 7.03. The second kappa shape index (κ2) is 6.97. The lowest BCUT2D eigenvalue weighted by atomic mass is 10.1. The molecule has 8 heteroatoms. The summed E-state index contributed by atoms with van der Waals surface area (Å²) in [4.78, 5) is 27.5. The van der Waals surface area contributed by atoms with Crippen molar-refractivity contribution < 1.29 is 9.59 Å². The lowest BCUT2D eigenvalue weighted by molar-refractivity contribution is 0.0962. The molecule has 0 saturated carbocycles. The molecule has 2 amide bonds. The Kier molecular flexibility index (Phi) is 4.57. The first-order valence-corrected chi connectivity index (χ1v) is 7.97. The Labute approximate surface area is 141 Å². The van der Waals surface area contributed by atoms with E-state index in [1.165, 1.54) is 11.3 Å². The van der Waals surface area contributed by atoms with Crippen molar-refractivity contribution in [1.82, 2.24) is 20.5 Å². The number of nitrogens with zero attached hydrogens (tertiary/aromatic N) is 3. The average molecular weight is 339 g/mol. The number of amides is 2. The Balaban J connectivity index is 1.77. The first kappa shape index (κ1) is 15.8. The summed E-state index contributed by atoms with van der Waals surface area (Å²) in [5.74, 6) is -0.170. The van der Waals surface area contributed by atoms with Crippen molar-refractivity contribution in [3.63, 3.8) is 0 Å². The predicted molar refractivity (Wildman–Crippen MR) is 90.9 cm³/mol. The van der Waals surface area contributed by atoms with Gasteiger partial charge in [-0.1, -0.05) is 12.1 Å². The Hall–Kier alpha value is -3.13. The summed E-state index contributed by atoms with van der Waals surface area (Å²) in [5.41, 5.74) is 3.83. The molecule has 3 aromatic rings. The van der Waals surface area contributed by atoms with Crippen molar-refractivity contribution in [2.75, 3.05) is 12.4 Å². The first-order chi connectivity index (χ1) is 11.7. The quantitative estimate of drug-likeness (QED) is 0.759. The van der Waals surface area contributed by atoms with Crippen LogP contribution in [-0.2, 0) is 0 Å². The third kappa shape index (κ3) is 3.44. The molecule has 7 nitrogen and oxygen atoms in total. The highest BCUT2D eigenvalue weighted by molar-refractivity contribution is 7.07. The van der Waals surface area contributed by atoms with E-state index in [9.17, 15) is 9.59 Å². The minimum absolute atomic E-state index is 0.169. The molecule has 0 fully saturated rings. The lowest BCUT2D eigenvalue weighted by Gasteiger charge is -2.05. The third-order valence-electron chi connectivity index (χ3n) is 3.22. The monoisotopic (exact) mass is 339 g/mol. The molecule has 3 rings (SSSR count). The fourth-order valence-electron chi connectivity index (χ4n) is 2.02. The zero-order valence-electron chi connectivity index (χ0n) is 12.7. The summed E-state index contributed by atoms with van der Waals surface area (Å²) in [6.07, 6.45) is 0. The van der Waals surface area contributed by atoms with E-state index in [0.29, 0.717) is 22.8 Å². The van der Waals surface area contributed by atoms with Gasteiger partial charge in [0.1, 0.15) is 5.69 Å². The molecule has 0 saturated heterocycles. The molecule has 0 atom stereocenters. The Morgan fingerprint density at radius 3 is 2.62 bits per heavy atom. The van der Waals surface area contributed by atoms with Gasteiger partial charge in [-0.2, -0.15) is 0 Å². The Bertz CT molecular complexity index is 862. The van der Waals surface area contributed by atoms with Crippen LogP contribution in [0.25, 0.3) is 11.3 Å². The zero-order valence-corrected chi connectivity index (χ0v) is 13.5. The number of carbonyl (C=O) groups excluding carboxylic acids is 2. The molecule has 120 valence electrons. The summed E-state index contributed by atoms with van der Waals surface area (Å²) in [7, 11) is 1.58. The number of hydrogen-bond donors (Lipinski definition) is 2. The minimum Gasteiger partial charge on any atom is -0.355 e. The highest BCUT2D eigenvalue weighted by atomic mass is 32.1. The fraction of sp³-hybridized carbons (Fsp3) is 0.0625. The van der Waals surface area contributed by atoms with Gasteiger partial charge in [-0.15, -0.1) is 21.5 Å².